The summed E-state index contributed by atoms with van der Waals surface area (Å²) < 4.78 is 5.60. The third-order valence-corrected chi connectivity index (χ3v) is 6.58. The fourth-order valence-corrected chi connectivity index (χ4v) is 4.62. The molecule has 2 N–H and O–H groups in total. The van der Waals surface area contributed by atoms with Crippen LogP contribution in [-0.2, 0) is 4.79 Å². The van der Waals surface area contributed by atoms with Gasteiger partial charge in [-0.1, -0.05) is 35.5 Å². The molecule has 176 valence electrons. The second-order valence-electron chi connectivity index (χ2n) is 8.84. The van der Waals surface area contributed by atoms with Gasteiger partial charge in [0.1, 0.15) is 0 Å². The van der Waals surface area contributed by atoms with E-state index in [1.54, 1.807) is 29.2 Å². The van der Waals surface area contributed by atoms with Crippen LogP contribution in [0, 0.1) is 0 Å². The Bertz CT molecular complexity index is 1190. The van der Waals surface area contributed by atoms with Gasteiger partial charge in [-0.2, -0.15) is 4.98 Å². The maximum atomic E-state index is 12.6. The van der Waals surface area contributed by atoms with Gasteiger partial charge in [-0.3, -0.25) is 9.59 Å². The number of aromatic nitrogens is 2. The molecule has 5 rings (SSSR count). The summed E-state index contributed by atoms with van der Waals surface area (Å²) in [6, 6.07) is 15.4. The molecular weight excluding hydrogens is 432 g/mol. The van der Waals surface area contributed by atoms with Gasteiger partial charge in [-0.25, -0.2) is 5.43 Å². The van der Waals surface area contributed by atoms with E-state index in [4.69, 9.17) is 4.52 Å². The van der Waals surface area contributed by atoms with E-state index in [1.165, 1.54) is 5.56 Å². The van der Waals surface area contributed by atoms with Gasteiger partial charge in [0.05, 0.1) is 18.3 Å². The van der Waals surface area contributed by atoms with Crippen LogP contribution >= 0.6 is 0 Å². The first-order chi connectivity index (χ1) is 16.5. The van der Waals surface area contributed by atoms with E-state index in [-0.39, 0.29) is 30.3 Å². The predicted molar refractivity (Wildman–Crippen MR) is 127 cm³/mol. The summed E-state index contributed by atoms with van der Waals surface area (Å²) in [7, 11) is 2.00. The normalized spacial score (nSPS) is 18.1. The van der Waals surface area contributed by atoms with Crippen LogP contribution in [-0.4, -0.2) is 53.5 Å². The molecule has 0 aliphatic carbocycles. The number of rotatable bonds is 5. The van der Waals surface area contributed by atoms with Crippen LogP contribution in [0.3, 0.4) is 0 Å². The van der Waals surface area contributed by atoms with Crippen molar-refractivity contribution in [3.8, 4) is 11.4 Å². The van der Waals surface area contributed by atoms with Gasteiger partial charge < -0.3 is 19.7 Å². The first kappa shape index (κ1) is 22.1. The highest BCUT2D eigenvalue weighted by Crippen LogP contribution is 2.35. The lowest BCUT2D eigenvalue weighted by Gasteiger charge is -2.30. The molecule has 2 aliphatic rings. The fraction of sp³-hybridized carbons (Fsp3) is 0.360. The Hall–Kier alpha value is -3.72. The number of amides is 2. The van der Waals surface area contributed by atoms with Gasteiger partial charge in [-0.05, 0) is 43.5 Å². The lowest BCUT2D eigenvalue weighted by Crippen LogP contribution is -2.43. The Morgan fingerprint density at radius 3 is 2.68 bits per heavy atom. The largest absolute Gasteiger partial charge is 0.343 e. The molecule has 0 spiro atoms. The number of carbonyl (C=O) groups is 2. The van der Waals surface area contributed by atoms with Crippen molar-refractivity contribution in [2.75, 3.05) is 31.7 Å². The van der Waals surface area contributed by atoms with Gasteiger partial charge in [-0.15, -0.1) is 0 Å². The second-order valence-corrected chi connectivity index (χ2v) is 8.84. The van der Waals surface area contributed by atoms with Crippen LogP contribution in [0.4, 0.5) is 5.69 Å². The minimum absolute atomic E-state index is 0.0106. The molecule has 9 heteroatoms. The van der Waals surface area contributed by atoms with E-state index in [0.29, 0.717) is 30.4 Å². The predicted octanol–water partition coefficient (Wildman–Crippen LogP) is 2.89. The first-order valence-electron chi connectivity index (χ1n) is 11.6. The molecule has 1 atom stereocenters. The van der Waals surface area contributed by atoms with Crippen LogP contribution in [0.5, 0.6) is 0 Å². The number of anilines is 1. The second kappa shape index (κ2) is 9.26. The highest BCUT2D eigenvalue weighted by molar-refractivity contribution is 5.96. The highest BCUT2D eigenvalue weighted by atomic mass is 16.5. The van der Waals surface area contributed by atoms with E-state index >= 15 is 0 Å². The third-order valence-electron chi connectivity index (χ3n) is 6.58. The van der Waals surface area contributed by atoms with Gasteiger partial charge in [0.25, 0.3) is 5.91 Å². The lowest BCUT2D eigenvalue weighted by molar-refractivity contribution is -0.131. The molecule has 1 unspecified atom stereocenters. The van der Waals surface area contributed by atoms with Crippen molar-refractivity contribution in [3.63, 3.8) is 0 Å². The number of fused-ring (bicyclic) bond motifs is 1. The van der Waals surface area contributed by atoms with Crippen molar-refractivity contribution >= 4 is 17.5 Å². The van der Waals surface area contributed by atoms with Gasteiger partial charge in [0.2, 0.25) is 17.6 Å². The zero-order valence-corrected chi connectivity index (χ0v) is 19.3. The zero-order chi connectivity index (χ0) is 23.7. The van der Waals surface area contributed by atoms with Gasteiger partial charge in [0.15, 0.2) is 0 Å². The van der Waals surface area contributed by atoms with E-state index in [9.17, 15) is 9.59 Å². The molecule has 1 fully saturated rings. The number of nitrogens with zero attached hydrogens (tertiary/aromatic N) is 4. The van der Waals surface area contributed by atoms with Crippen molar-refractivity contribution in [2.45, 2.75) is 31.7 Å². The van der Waals surface area contributed by atoms with Crippen LogP contribution in [0.1, 0.15) is 53.5 Å². The quantitative estimate of drug-likeness (QED) is 0.603. The summed E-state index contributed by atoms with van der Waals surface area (Å²) in [6.07, 6.45) is 1.49. The van der Waals surface area contributed by atoms with Crippen molar-refractivity contribution in [1.29, 1.82) is 0 Å². The number of carbonyl (C=O) groups excluding carboxylic acids is 2. The summed E-state index contributed by atoms with van der Waals surface area (Å²) in [5.41, 5.74) is 7.18. The Kier molecular flexibility index (Phi) is 6.02. The van der Waals surface area contributed by atoms with Crippen LogP contribution < -0.4 is 15.8 Å². The molecule has 9 nitrogen and oxygen atoms in total. The molecule has 34 heavy (non-hydrogen) atoms. The van der Waals surface area contributed by atoms with Gasteiger partial charge in [0, 0.05) is 37.2 Å². The monoisotopic (exact) mass is 460 g/mol. The number of hydrogen-bond acceptors (Lipinski definition) is 7. The molecule has 3 aromatic rings. The number of hydrogen-bond donors (Lipinski definition) is 2. The Morgan fingerprint density at radius 2 is 1.91 bits per heavy atom. The zero-order valence-electron chi connectivity index (χ0n) is 19.3. The summed E-state index contributed by atoms with van der Waals surface area (Å²) in [6.45, 7) is 3.30. The number of hydrazine groups is 1. The maximum Gasteiger partial charge on any atom is 0.251 e. The first-order valence-corrected chi connectivity index (χ1v) is 11.6. The van der Waals surface area contributed by atoms with Crippen LogP contribution in [0.15, 0.2) is 53.1 Å². The van der Waals surface area contributed by atoms with Crippen molar-refractivity contribution in [3.05, 3.63) is 65.5 Å². The SMILES string of the molecule is CC1NN(C)c2cc(-c3noc(C4CCN(C(=O)CNC(=O)c5ccccc5)CC4)n3)ccc21. The van der Waals surface area contributed by atoms with E-state index in [1.807, 2.05) is 24.2 Å². The third kappa shape index (κ3) is 4.38. The number of nitrogens with one attached hydrogen (secondary N) is 2. The molecule has 0 saturated carbocycles. The number of benzene rings is 2. The molecule has 1 aromatic heterocycles. The number of likely N-dealkylation sites (tertiary alicyclic amines) is 1. The Labute approximate surface area is 198 Å². The molecule has 2 aromatic carbocycles. The molecule has 2 aliphatic heterocycles. The fourth-order valence-electron chi connectivity index (χ4n) is 4.62. The Morgan fingerprint density at radius 1 is 1.15 bits per heavy atom. The summed E-state index contributed by atoms with van der Waals surface area (Å²) in [5, 5.41) is 8.93. The highest BCUT2D eigenvalue weighted by Gasteiger charge is 2.28. The van der Waals surface area contributed by atoms with Gasteiger partial charge >= 0.3 is 0 Å². The molecule has 0 bridgehead atoms. The van der Waals surface area contributed by atoms with Crippen LogP contribution in [0.25, 0.3) is 11.4 Å². The van der Waals surface area contributed by atoms with E-state index in [2.05, 4.69) is 39.9 Å². The van der Waals surface area contributed by atoms with E-state index in [0.717, 1.165) is 24.1 Å². The molecule has 2 amide bonds. The molecule has 1 saturated heterocycles. The minimum Gasteiger partial charge on any atom is -0.343 e. The maximum absolute atomic E-state index is 12.6. The molecular formula is C25H28N6O3. The van der Waals surface area contributed by atoms with Crippen LogP contribution in [0.2, 0.25) is 0 Å². The summed E-state index contributed by atoms with van der Waals surface area (Å²) >= 11 is 0. The summed E-state index contributed by atoms with van der Waals surface area (Å²) in [4.78, 5) is 31.2. The standard InChI is InChI=1S/C25H28N6O3/c1-16-20-9-8-19(14-21(20)30(2)28-16)23-27-25(34-29-23)18-10-12-31(13-11-18)22(32)15-26-24(33)17-6-4-3-5-7-17/h3-9,14,16,18,28H,10-13,15H2,1-2H3,(H,26,33). The average molecular weight is 461 g/mol. The van der Waals surface area contributed by atoms with Crippen molar-refractivity contribution in [2.24, 2.45) is 0 Å². The average Bonchev–Trinajstić information content (AvgIpc) is 3.47. The summed E-state index contributed by atoms with van der Waals surface area (Å²) in [5.74, 6) is 0.972. The molecule has 3 heterocycles. The number of piperidine rings is 1. The van der Waals surface area contributed by atoms with Crippen molar-refractivity contribution in [1.82, 2.24) is 25.8 Å². The topological polar surface area (TPSA) is 104 Å². The minimum atomic E-state index is -0.245. The van der Waals surface area contributed by atoms with E-state index < -0.39 is 0 Å². The van der Waals surface area contributed by atoms with Crippen molar-refractivity contribution < 1.29 is 14.1 Å². The smallest absolute Gasteiger partial charge is 0.251 e. The Balaban J connectivity index is 1.16. The molecule has 0 radical (unpaired) electrons. The lowest BCUT2D eigenvalue weighted by atomic mass is 9.96.